The minimum absolute atomic E-state index is 0.345. The summed E-state index contributed by atoms with van der Waals surface area (Å²) >= 11 is 10.9. The predicted molar refractivity (Wildman–Crippen MR) is 83.8 cm³/mol. The zero-order valence-corrected chi connectivity index (χ0v) is 13.2. The van der Waals surface area contributed by atoms with Crippen molar-refractivity contribution in [2.75, 3.05) is 6.54 Å². The number of amides is 1. The molecular formula is C13H18ClN3O2S. The Morgan fingerprint density at radius 2 is 2.15 bits per heavy atom. The molecule has 3 N–H and O–H groups in total. The third-order valence-corrected chi connectivity index (χ3v) is 2.95. The van der Waals surface area contributed by atoms with Gasteiger partial charge in [0.25, 0.3) is 5.91 Å². The summed E-state index contributed by atoms with van der Waals surface area (Å²) in [5.41, 5.74) is 6.05. The van der Waals surface area contributed by atoms with Crippen LogP contribution < -0.4 is 20.9 Å². The summed E-state index contributed by atoms with van der Waals surface area (Å²) in [4.78, 5) is 11.8. The molecular weight excluding hydrogens is 298 g/mol. The summed E-state index contributed by atoms with van der Waals surface area (Å²) in [7, 11) is 0. The highest BCUT2D eigenvalue weighted by Crippen LogP contribution is 2.26. The standard InChI is InChI=1S/C13H18ClN3O2S/c1-4-15-13(20)17-16-12(18)9(3)19-11-7-8(2)5-6-10(11)14/h5-7,9H,4H2,1-3H3,(H,16,18)(H2,15,17,20)/t9-/m0/s1. The molecule has 0 aliphatic carbocycles. The molecule has 1 amide bonds. The van der Waals surface area contributed by atoms with Crippen LogP contribution in [-0.4, -0.2) is 23.7 Å². The normalized spacial score (nSPS) is 11.4. The number of benzene rings is 1. The zero-order valence-electron chi connectivity index (χ0n) is 11.6. The second-order valence-electron chi connectivity index (χ2n) is 4.17. The second kappa shape index (κ2) is 7.91. The highest BCUT2D eigenvalue weighted by molar-refractivity contribution is 7.80. The van der Waals surface area contributed by atoms with Crippen molar-refractivity contribution in [3.63, 3.8) is 0 Å². The summed E-state index contributed by atoms with van der Waals surface area (Å²) < 4.78 is 5.53. The van der Waals surface area contributed by atoms with Gasteiger partial charge in [-0.15, -0.1) is 0 Å². The number of hydrogen-bond donors (Lipinski definition) is 3. The van der Waals surface area contributed by atoms with Crippen molar-refractivity contribution < 1.29 is 9.53 Å². The van der Waals surface area contributed by atoms with Gasteiger partial charge in [-0.05, 0) is 50.7 Å². The Kier molecular flexibility index (Phi) is 6.54. The average Bonchev–Trinajstić information content (AvgIpc) is 2.40. The van der Waals surface area contributed by atoms with Gasteiger partial charge in [0, 0.05) is 6.54 Å². The van der Waals surface area contributed by atoms with Gasteiger partial charge >= 0.3 is 0 Å². The molecule has 7 heteroatoms. The monoisotopic (exact) mass is 315 g/mol. The molecule has 0 aromatic heterocycles. The molecule has 1 aromatic carbocycles. The lowest BCUT2D eigenvalue weighted by molar-refractivity contribution is -0.127. The number of nitrogens with one attached hydrogen (secondary N) is 3. The maximum Gasteiger partial charge on any atom is 0.279 e. The van der Waals surface area contributed by atoms with E-state index in [1.807, 2.05) is 19.9 Å². The van der Waals surface area contributed by atoms with Gasteiger partial charge in [-0.3, -0.25) is 15.6 Å². The summed E-state index contributed by atoms with van der Waals surface area (Å²) in [6.07, 6.45) is -0.703. The van der Waals surface area contributed by atoms with Crippen LogP contribution >= 0.6 is 23.8 Å². The van der Waals surface area contributed by atoms with E-state index < -0.39 is 6.10 Å². The van der Waals surface area contributed by atoms with E-state index in [9.17, 15) is 4.79 Å². The highest BCUT2D eigenvalue weighted by atomic mass is 35.5. The predicted octanol–water partition coefficient (Wildman–Crippen LogP) is 1.93. The number of rotatable bonds is 4. The van der Waals surface area contributed by atoms with Gasteiger partial charge in [-0.2, -0.15) is 0 Å². The second-order valence-corrected chi connectivity index (χ2v) is 4.98. The van der Waals surface area contributed by atoms with Crippen molar-refractivity contribution in [3.8, 4) is 5.75 Å². The first-order valence-corrected chi connectivity index (χ1v) is 6.99. The average molecular weight is 316 g/mol. The molecule has 0 heterocycles. The minimum Gasteiger partial charge on any atom is -0.479 e. The van der Waals surface area contributed by atoms with Crippen LogP contribution in [0.4, 0.5) is 0 Å². The van der Waals surface area contributed by atoms with Crippen molar-refractivity contribution in [2.24, 2.45) is 0 Å². The SMILES string of the molecule is CCNC(=S)NNC(=O)[C@H](C)Oc1cc(C)ccc1Cl. The fraction of sp³-hybridized carbons (Fsp3) is 0.385. The van der Waals surface area contributed by atoms with Gasteiger partial charge in [0.05, 0.1) is 5.02 Å². The molecule has 1 rings (SSSR count). The number of halogens is 1. The Balaban J connectivity index is 2.53. The van der Waals surface area contributed by atoms with Gasteiger partial charge in [-0.1, -0.05) is 17.7 Å². The Bertz CT molecular complexity index is 497. The first-order chi connectivity index (χ1) is 9.43. The van der Waals surface area contributed by atoms with Gasteiger partial charge in [0.2, 0.25) is 0 Å². The van der Waals surface area contributed by atoms with Crippen LogP contribution in [0.5, 0.6) is 5.75 Å². The molecule has 110 valence electrons. The number of hydrazine groups is 1. The van der Waals surface area contributed by atoms with Gasteiger partial charge < -0.3 is 10.1 Å². The molecule has 0 radical (unpaired) electrons. The number of carbonyl (C=O) groups is 1. The molecule has 5 nitrogen and oxygen atoms in total. The fourth-order valence-electron chi connectivity index (χ4n) is 1.37. The van der Waals surface area contributed by atoms with Crippen molar-refractivity contribution in [1.82, 2.24) is 16.2 Å². The number of carbonyl (C=O) groups excluding carboxylic acids is 1. The van der Waals surface area contributed by atoms with Crippen LogP contribution in [0, 0.1) is 6.92 Å². The third kappa shape index (κ3) is 5.22. The molecule has 0 saturated carbocycles. The molecule has 1 aromatic rings. The van der Waals surface area contributed by atoms with Gasteiger partial charge in [0.1, 0.15) is 5.75 Å². The van der Waals surface area contributed by atoms with Crippen LogP contribution in [0.2, 0.25) is 5.02 Å². The van der Waals surface area contributed by atoms with Crippen molar-refractivity contribution >= 4 is 34.8 Å². The van der Waals surface area contributed by atoms with E-state index >= 15 is 0 Å². The van der Waals surface area contributed by atoms with E-state index in [4.69, 9.17) is 28.6 Å². The highest BCUT2D eigenvalue weighted by Gasteiger charge is 2.16. The molecule has 0 fully saturated rings. The van der Waals surface area contributed by atoms with E-state index in [2.05, 4.69) is 16.2 Å². The summed E-state index contributed by atoms with van der Waals surface area (Å²) in [6.45, 7) is 6.13. The lowest BCUT2D eigenvalue weighted by Crippen LogP contribution is -2.50. The van der Waals surface area contributed by atoms with Crippen molar-refractivity contribution in [1.29, 1.82) is 0 Å². The van der Waals surface area contributed by atoms with E-state index in [-0.39, 0.29) is 5.91 Å². The summed E-state index contributed by atoms with van der Waals surface area (Å²) in [5.74, 6) is 0.131. The lowest BCUT2D eigenvalue weighted by atomic mass is 10.2. The maximum absolute atomic E-state index is 11.8. The van der Waals surface area contributed by atoms with Crippen molar-refractivity contribution in [2.45, 2.75) is 26.9 Å². The largest absolute Gasteiger partial charge is 0.479 e. The zero-order chi connectivity index (χ0) is 15.1. The van der Waals surface area contributed by atoms with Crippen LogP contribution in [0.15, 0.2) is 18.2 Å². The van der Waals surface area contributed by atoms with Crippen LogP contribution in [0.25, 0.3) is 0 Å². The molecule has 20 heavy (non-hydrogen) atoms. The molecule has 0 aliphatic heterocycles. The summed E-state index contributed by atoms with van der Waals surface area (Å²) in [6, 6.07) is 5.38. The van der Waals surface area contributed by atoms with Gasteiger partial charge in [-0.25, -0.2) is 0 Å². The first kappa shape index (κ1) is 16.5. The molecule has 0 saturated heterocycles. The topological polar surface area (TPSA) is 62.4 Å². The molecule has 0 unspecified atom stereocenters. The van der Waals surface area contributed by atoms with E-state index in [0.29, 0.717) is 22.4 Å². The Morgan fingerprint density at radius 1 is 1.45 bits per heavy atom. The Labute approximate surface area is 129 Å². The first-order valence-electron chi connectivity index (χ1n) is 6.20. The summed E-state index contributed by atoms with van der Waals surface area (Å²) in [5, 5.41) is 3.66. The Morgan fingerprint density at radius 3 is 2.80 bits per heavy atom. The molecule has 1 atom stereocenters. The van der Waals surface area contributed by atoms with Crippen LogP contribution in [-0.2, 0) is 4.79 Å². The van der Waals surface area contributed by atoms with Crippen molar-refractivity contribution in [3.05, 3.63) is 28.8 Å². The quantitative estimate of drug-likeness (QED) is 0.585. The Hall–Kier alpha value is -1.53. The fourth-order valence-corrected chi connectivity index (χ4v) is 1.73. The third-order valence-electron chi connectivity index (χ3n) is 2.40. The number of thiocarbonyl (C=S) groups is 1. The smallest absolute Gasteiger partial charge is 0.279 e. The number of hydrogen-bond acceptors (Lipinski definition) is 3. The minimum atomic E-state index is -0.703. The van der Waals surface area contributed by atoms with Crippen LogP contribution in [0.3, 0.4) is 0 Å². The van der Waals surface area contributed by atoms with E-state index in [1.165, 1.54) is 0 Å². The molecule has 0 bridgehead atoms. The number of aryl methyl sites for hydroxylation is 1. The lowest BCUT2D eigenvalue weighted by Gasteiger charge is -2.17. The molecule has 0 aliphatic rings. The van der Waals surface area contributed by atoms with E-state index in [1.54, 1.807) is 19.1 Å². The molecule has 0 spiro atoms. The van der Waals surface area contributed by atoms with E-state index in [0.717, 1.165) is 5.56 Å². The van der Waals surface area contributed by atoms with Crippen LogP contribution in [0.1, 0.15) is 19.4 Å². The maximum atomic E-state index is 11.8. The van der Waals surface area contributed by atoms with Gasteiger partial charge in [0.15, 0.2) is 11.2 Å². The number of ether oxygens (including phenoxy) is 1.